The smallest absolute Gasteiger partial charge is 0.249 e. The molecule has 0 radical (unpaired) electrons. The summed E-state index contributed by atoms with van der Waals surface area (Å²) in [5, 5.41) is 6.60. The minimum Gasteiger partial charge on any atom is -0.381 e. The Morgan fingerprint density at radius 1 is 1.50 bits per heavy atom. The Balaban J connectivity index is 2.48. The van der Waals surface area contributed by atoms with Crippen molar-refractivity contribution in [2.45, 2.75) is 37.8 Å². The molecule has 0 spiro atoms. The van der Waals surface area contributed by atoms with Crippen LogP contribution in [0.25, 0.3) is 0 Å². The van der Waals surface area contributed by atoms with Gasteiger partial charge in [0.05, 0.1) is 0 Å². The molecule has 1 aliphatic heterocycles. The number of carbonyl (C=O) groups is 1. The molecule has 112 valence electrons. The Bertz CT molecular complexity index is 634. The van der Waals surface area contributed by atoms with Gasteiger partial charge in [-0.2, -0.15) is 9.40 Å². The first-order chi connectivity index (χ1) is 9.21. The molecule has 1 aromatic rings. The van der Waals surface area contributed by atoms with Gasteiger partial charge in [-0.1, -0.05) is 0 Å². The van der Waals surface area contributed by atoms with Crippen LogP contribution in [0.4, 0.5) is 5.82 Å². The van der Waals surface area contributed by atoms with Crippen LogP contribution in [0.15, 0.2) is 11.1 Å². The average molecular weight is 301 g/mol. The highest BCUT2D eigenvalue weighted by molar-refractivity contribution is 7.89. The van der Waals surface area contributed by atoms with Gasteiger partial charge in [-0.3, -0.25) is 9.48 Å². The van der Waals surface area contributed by atoms with Crippen molar-refractivity contribution in [1.82, 2.24) is 19.4 Å². The normalized spacial score (nSPS) is 19.9. The molecule has 0 saturated carbocycles. The van der Waals surface area contributed by atoms with Gasteiger partial charge in [-0.05, 0) is 20.8 Å². The summed E-state index contributed by atoms with van der Waals surface area (Å²) in [6.45, 7) is 5.98. The lowest BCUT2D eigenvalue weighted by Gasteiger charge is -2.39. The lowest BCUT2D eigenvalue weighted by Crippen LogP contribution is -2.63. The summed E-state index contributed by atoms with van der Waals surface area (Å²) in [4.78, 5) is 11.8. The van der Waals surface area contributed by atoms with Crippen molar-refractivity contribution in [3.8, 4) is 0 Å². The van der Waals surface area contributed by atoms with E-state index < -0.39 is 15.6 Å². The van der Waals surface area contributed by atoms with Crippen LogP contribution in [-0.2, 0) is 21.4 Å². The van der Waals surface area contributed by atoms with Gasteiger partial charge in [0, 0.05) is 25.8 Å². The third kappa shape index (κ3) is 2.16. The van der Waals surface area contributed by atoms with Gasteiger partial charge in [0.25, 0.3) is 0 Å². The zero-order valence-corrected chi connectivity index (χ0v) is 12.6. The lowest BCUT2D eigenvalue weighted by atomic mass is 10.0. The topological polar surface area (TPSA) is 110 Å². The van der Waals surface area contributed by atoms with Crippen molar-refractivity contribution in [3.63, 3.8) is 0 Å². The zero-order valence-electron chi connectivity index (χ0n) is 11.8. The Hall–Kier alpha value is -1.61. The molecule has 2 heterocycles. The number of hydrogen-bond acceptors (Lipinski definition) is 5. The molecule has 1 aromatic heterocycles. The first-order valence-electron chi connectivity index (χ1n) is 6.35. The molecule has 0 aromatic carbocycles. The molecular weight excluding hydrogens is 282 g/mol. The largest absolute Gasteiger partial charge is 0.381 e. The summed E-state index contributed by atoms with van der Waals surface area (Å²) >= 11 is 0. The Labute approximate surface area is 118 Å². The molecule has 8 nitrogen and oxygen atoms in total. The molecule has 2 rings (SSSR count). The molecule has 0 aliphatic carbocycles. The van der Waals surface area contributed by atoms with E-state index in [0.717, 1.165) is 0 Å². The van der Waals surface area contributed by atoms with Gasteiger partial charge in [0.15, 0.2) is 5.82 Å². The number of carbonyl (C=O) groups excluding carboxylic acids is 1. The molecule has 0 atom stereocenters. The minimum atomic E-state index is -3.86. The minimum absolute atomic E-state index is 0.0476. The molecule has 3 N–H and O–H groups in total. The van der Waals surface area contributed by atoms with E-state index in [9.17, 15) is 13.2 Å². The third-order valence-electron chi connectivity index (χ3n) is 3.43. The number of hydrogen-bond donors (Lipinski definition) is 2. The molecule has 1 aliphatic rings. The maximum atomic E-state index is 12.7. The summed E-state index contributed by atoms with van der Waals surface area (Å²) in [6, 6.07) is 0. The van der Waals surface area contributed by atoms with Crippen LogP contribution in [0.5, 0.6) is 0 Å². The molecular formula is C11H19N5O3S. The number of nitrogens with one attached hydrogen (secondary N) is 1. The summed E-state index contributed by atoms with van der Waals surface area (Å²) in [5.41, 5.74) is 4.54. The van der Waals surface area contributed by atoms with Crippen LogP contribution in [-0.4, -0.2) is 47.0 Å². The maximum absolute atomic E-state index is 12.7. The highest BCUT2D eigenvalue weighted by Crippen LogP contribution is 2.29. The molecule has 1 amide bonds. The van der Waals surface area contributed by atoms with Crippen LogP contribution in [0.3, 0.4) is 0 Å². The molecule has 0 unspecified atom stereocenters. The van der Waals surface area contributed by atoms with Gasteiger partial charge in [-0.25, -0.2) is 8.42 Å². The van der Waals surface area contributed by atoms with E-state index in [1.165, 1.54) is 15.2 Å². The number of aryl methyl sites for hydroxylation is 1. The van der Waals surface area contributed by atoms with Gasteiger partial charge in [-0.15, -0.1) is 0 Å². The molecule has 0 bridgehead atoms. The third-order valence-corrected chi connectivity index (χ3v) is 5.52. The van der Waals surface area contributed by atoms with E-state index in [1.807, 2.05) is 6.92 Å². The second kappa shape index (κ2) is 4.74. The predicted octanol–water partition coefficient (Wildman–Crippen LogP) is -0.616. The van der Waals surface area contributed by atoms with Crippen molar-refractivity contribution in [3.05, 3.63) is 6.20 Å². The van der Waals surface area contributed by atoms with Crippen LogP contribution in [0, 0.1) is 0 Å². The number of amides is 1. The zero-order chi connectivity index (χ0) is 15.1. The SMILES string of the molecule is CCn1cc(S(=O)(=O)N2CCNC(=O)C2(C)C)c(N)n1. The summed E-state index contributed by atoms with van der Waals surface area (Å²) in [5.74, 6) is -0.373. The van der Waals surface area contributed by atoms with E-state index in [1.54, 1.807) is 13.8 Å². The van der Waals surface area contributed by atoms with Gasteiger partial charge in [0.1, 0.15) is 10.4 Å². The molecule has 9 heteroatoms. The number of nitrogen functional groups attached to an aromatic ring is 1. The van der Waals surface area contributed by atoms with E-state index >= 15 is 0 Å². The molecule has 1 fully saturated rings. The van der Waals surface area contributed by atoms with E-state index in [4.69, 9.17) is 5.73 Å². The van der Waals surface area contributed by atoms with E-state index in [2.05, 4.69) is 10.4 Å². The van der Waals surface area contributed by atoms with Gasteiger partial charge < -0.3 is 11.1 Å². The lowest BCUT2D eigenvalue weighted by molar-refractivity contribution is -0.131. The van der Waals surface area contributed by atoms with Crippen molar-refractivity contribution >= 4 is 21.7 Å². The fourth-order valence-electron chi connectivity index (χ4n) is 2.20. The first-order valence-corrected chi connectivity index (χ1v) is 7.79. The quantitative estimate of drug-likeness (QED) is 0.773. The highest BCUT2D eigenvalue weighted by Gasteiger charge is 2.45. The number of piperazine rings is 1. The monoisotopic (exact) mass is 301 g/mol. The van der Waals surface area contributed by atoms with Crippen LogP contribution in [0.2, 0.25) is 0 Å². The number of nitrogens with zero attached hydrogens (tertiary/aromatic N) is 3. The standard InChI is InChI=1S/C11H19N5O3S/c1-4-15-7-8(9(12)14-15)20(18,19)16-6-5-13-10(17)11(16,2)3/h7H,4-6H2,1-3H3,(H2,12,14)(H,13,17). The predicted molar refractivity (Wildman–Crippen MR) is 73.3 cm³/mol. The Morgan fingerprint density at radius 2 is 2.15 bits per heavy atom. The second-order valence-corrected chi connectivity index (χ2v) is 6.96. The summed E-state index contributed by atoms with van der Waals surface area (Å²) in [6.07, 6.45) is 1.40. The van der Waals surface area contributed by atoms with Crippen molar-refractivity contribution in [1.29, 1.82) is 0 Å². The van der Waals surface area contributed by atoms with Crippen LogP contribution < -0.4 is 11.1 Å². The highest BCUT2D eigenvalue weighted by atomic mass is 32.2. The number of nitrogens with two attached hydrogens (primary N) is 1. The Kier molecular flexibility index (Phi) is 3.51. The fraction of sp³-hybridized carbons (Fsp3) is 0.636. The average Bonchev–Trinajstić information content (AvgIpc) is 2.74. The molecule has 20 heavy (non-hydrogen) atoms. The first kappa shape index (κ1) is 14.8. The summed E-state index contributed by atoms with van der Waals surface area (Å²) in [7, 11) is -3.86. The van der Waals surface area contributed by atoms with Crippen molar-refractivity contribution in [2.24, 2.45) is 0 Å². The van der Waals surface area contributed by atoms with E-state index in [-0.39, 0.29) is 29.7 Å². The number of rotatable bonds is 3. The number of sulfonamides is 1. The van der Waals surface area contributed by atoms with Crippen molar-refractivity contribution < 1.29 is 13.2 Å². The number of anilines is 1. The molecule has 1 saturated heterocycles. The van der Waals surface area contributed by atoms with E-state index in [0.29, 0.717) is 6.54 Å². The Morgan fingerprint density at radius 3 is 2.70 bits per heavy atom. The number of aromatic nitrogens is 2. The van der Waals surface area contributed by atoms with Crippen LogP contribution in [0.1, 0.15) is 20.8 Å². The second-order valence-electron chi connectivity index (χ2n) is 5.13. The van der Waals surface area contributed by atoms with Crippen molar-refractivity contribution in [2.75, 3.05) is 18.8 Å². The fourth-order valence-corrected chi connectivity index (χ4v) is 4.01. The maximum Gasteiger partial charge on any atom is 0.249 e. The van der Waals surface area contributed by atoms with Crippen LogP contribution >= 0.6 is 0 Å². The summed E-state index contributed by atoms with van der Waals surface area (Å²) < 4.78 is 28.1. The van der Waals surface area contributed by atoms with Gasteiger partial charge in [0.2, 0.25) is 15.9 Å². The van der Waals surface area contributed by atoms with Gasteiger partial charge >= 0.3 is 0 Å².